The van der Waals surface area contributed by atoms with Crippen LogP contribution in [0.4, 0.5) is 13.2 Å². The van der Waals surface area contributed by atoms with Gasteiger partial charge in [0.25, 0.3) is 0 Å². The molecule has 0 aliphatic rings. The number of esters is 1. The number of aromatic carboxylic acids is 2. The van der Waals surface area contributed by atoms with Crippen LogP contribution >= 0.6 is 0 Å². The standard InChI is InChI=1S/C28H20F3N7O6/c1-3-44-27(43)15-9-21(23-12-37(35-33-23)16-4-6-18(25(39)40)14(2)8-16)32-22(10-15)24-13-38(36-34-24)17-5-7-19(26(41)42)20(11-17)28(29,30)31/h4-13H,3H2,1-2H3,(H,39,40)(H,41,42). The second kappa shape index (κ2) is 11.4. The van der Waals surface area contributed by atoms with Gasteiger partial charge in [0.2, 0.25) is 0 Å². The molecule has 5 aromatic rings. The normalized spacial score (nSPS) is 11.4. The van der Waals surface area contributed by atoms with Crippen LogP contribution in [-0.4, -0.2) is 69.7 Å². The Morgan fingerprint density at radius 2 is 1.32 bits per heavy atom. The summed E-state index contributed by atoms with van der Waals surface area (Å²) in [6, 6.07) is 9.98. The summed E-state index contributed by atoms with van der Waals surface area (Å²) >= 11 is 0. The number of carbonyl (C=O) groups is 3. The molecule has 0 radical (unpaired) electrons. The highest BCUT2D eigenvalue weighted by atomic mass is 19.4. The van der Waals surface area contributed by atoms with E-state index in [9.17, 15) is 32.7 Å². The number of hydrogen-bond donors (Lipinski definition) is 2. The van der Waals surface area contributed by atoms with Crippen LogP contribution in [0.2, 0.25) is 0 Å². The quantitative estimate of drug-likeness (QED) is 0.238. The summed E-state index contributed by atoms with van der Waals surface area (Å²) in [6.45, 7) is 3.34. The second-order valence-electron chi connectivity index (χ2n) is 9.28. The predicted molar refractivity (Wildman–Crippen MR) is 145 cm³/mol. The van der Waals surface area contributed by atoms with Crippen molar-refractivity contribution in [1.29, 1.82) is 0 Å². The van der Waals surface area contributed by atoms with E-state index in [-0.39, 0.29) is 46.2 Å². The van der Waals surface area contributed by atoms with Crippen LogP contribution in [0.5, 0.6) is 0 Å². The monoisotopic (exact) mass is 607 g/mol. The fourth-order valence-corrected chi connectivity index (χ4v) is 4.27. The van der Waals surface area contributed by atoms with Crippen LogP contribution < -0.4 is 0 Å². The Labute approximate surface area is 245 Å². The van der Waals surface area contributed by atoms with Gasteiger partial charge < -0.3 is 14.9 Å². The van der Waals surface area contributed by atoms with Gasteiger partial charge in [-0.15, -0.1) is 10.2 Å². The molecular formula is C28H20F3N7O6. The molecule has 224 valence electrons. The number of pyridine rings is 1. The number of aryl methyl sites for hydroxylation is 1. The van der Waals surface area contributed by atoms with Crippen molar-refractivity contribution in [2.45, 2.75) is 20.0 Å². The molecule has 13 nitrogen and oxygen atoms in total. The van der Waals surface area contributed by atoms with Crippen molar-refractivity contribution in [3.63, 3.8) is 0 Å². The minimum Gasteiger partial charge on any atom is -0.478 e. The third-order valence-corrected chi connectivity index (χ3v) is 6.36. The topological polar surface area (TPSA) is 175 Å². The maximum Gasteiger partial charge on any atom is 0.417 e. The summed E-state index contributed by atoms with van der Waals surface area (Å²) in [6.07, 6.45) is -2.16. The first-order chi connectivity index (χ1) is 20.8. The van der Waals surface area contributed by atoms with E-state index in [4.69, 9.17) is 9.84 Å². The van der Waals surface area contributed by atoms with E-state index in [1.807, 2.05) is 0 Å². The van der Waals surface area contributed by atoms with Gasteiger partial charge in [-0.25, -0.2) is 28.7 Å². The fourth-order valence-electron chi connectivity index (χ4n) is 4.27. The van der Waals surface area contributed by atoms with Crippen molar-refractivity contribution in [3.05, 3.63) is 88.7 Å². The highest BCUT2D eigenvalue weighted by Gasteiger charge is 2.36. The van der Waals surface area contributed by atoms with Crippen molar-refractivity contribution in [3.8, 4) is 34.2 Å². The van der Waals surface area contributed by atoms with Crippen LogP contribution in [-0.2, 0) is 10.9 Å². The molecule has 3 aromatic heterocycles. The molecule has 0 aliphatic heterocycles. The smallest absolute Gasteiger partial charge is 0.417 e. The number of carbonyl (C=O) groups excluding carboxylic acids is 1. The molecule has 0 aliphatic carbocycles. The zero-order valence-corrected chi connectivity index (χ0v) is 22.8. The highest BCUT2D eigenvalue weighted by Crippen LogP contribution is 2.34. The molecule has 0 atom stereocenters. The van der Waals surface area contributed by atoms with E-state index in [0.29, 0.717) is 17.3 Å². The highest BCUT2D eigenvalue weighted by molar-refractivity contribution is 5.92. The maximum atomic E-state index is 13.5. The van der Waals surface area contributed by atoms with Crippen molar-refractivity contribution >= 4 is 17.9 Å². The Morgan fingerprint density at radius 1 is 0.795 bits per heavy atom. The number of benzene rings is 2. The van der Waals surface area contributed by atoms with Crippen LogP contribution in [0.3, 0.4) is 0 Å². The number of halogens is 3. The Bertz CT molecular complexity index is 1930. The molecule has 5 rings (SSSR count). The molecule has 0 bridgehead atoms. The third-order valence-electron chi connectivity index (χ3n) is 6.36. The molecule has 16 heteroatoms. The maximum absolute atomic E-state index is 13.5. The van der Waals surface area contributed by atoms with E-state index in [0.717, 1.165) is 16.8 Å². The molecule has 0 saturated carbocycles. The molecule has 2 aromatic carbocycles. The van der Waals surface area contributed by atoms with Crippen molar-refractivity contribution < 1.29 is 42.5 Å². The van der Waals surface area contributed by atoms with E-state index < -0.39 is 35.2 Å². The average Bonchev–Trinajstić information content (AvgIpc) is 3.67. The van der Waals surface area contributed by atoms with Gasteiger partial charge in [-0.05, 0) is 67.9 Å². The van der Waals surface area contributed by atoms with E-state index in [1.165, 1.54) is 35.3 Å². The van der Waals surface area contributed by atoms with Crippen LogP contribution in [0, 0.1) is 6.92 Å². The Morgan fingerprint density at radius 3 is 1.80 bits per heavy atom. The zero-order valence-electron chi connectivity index (χ0n) is 22.8. The molecular weight excluding hydrogens is 587 g/mol. The van der Waals surface area contributed by atoms with Crippen molar-refractivity contribution in [2.75, 3.05) is 6.61 Å². The lowest BCUT2D eigenvalue weighted by molar-refractivity contribution is -0.138. The van der Waals surface area contributed by atoms with Gasteiger partial charge >= 0.3 is 24.1 Å². The van der Waals surface area contributed by atoms with Gasteiger partial charge in [-0.2, -0.15) is 13.2 Å². The first-order valence-corrected chi connectivity index (χ1v) is 12.7. The number of aromatic nitrogens is 7. The second-order valence-corrected chi connectivity index (χ2v) is 9.28. The summed E-state index contributed by atoms with van der Waals surface area (Å²) in [7, 11) is 0. The molecule has 44 heavy (non-hydrogen) atoms. The number of carboxylic acids is 2. The number of ether oxygens (including phenoxy) is 1. The number of carboxylic acid groups (broad SMARTS) is 2. The lowest BCUT2D eigenvalue weighted by Crippen LogP contribution is -2.14. The van der Waals surface area contributed by atoms with Gasteiger partial charge in [0.1, 0.15) is 11.4 Å². The minimum absolute atomic E-state index is 0.0699. The molecule has 0 fully saturated rings. The zero-order chi connectivity index (χ0) is 31.8. The van der Waals surface area contributed by atoms with Crippen molar-refractivity contribution in [1.82, 2.24) is 35.0 Å². The summed E-state index contributed by atoms with van der Waals surface area (Å²) in [5.41, 5.74) is -0.606. The molecule has 0 amide bonds. The Hall–Kier alpha value is -5.93. The number of hydrogen-bond acceptors (Lipinski definition) is 9. The molecule has 0 saturated heterocycles. The largest absolute Gasteiger partial charge is 0.478 e. The predicted octanol–water partition coefficient (Wildman–Crippen LogP) is 4.48. The molecule has 0 unspecified atom stereocenters. The number of nitrogens with zero attached hydrogens (tertiary/aromatic N) is 7. The lowest BCUT2D eigenvalue weighted by atomic mass is 10.1. The first-order valence-electron chi connectivity index (χ1n) is 12.7. The number of rotatable bonds is 8. The average molecular weight is 608 g/mol. The lowest BCUT2D eigenvalue weighted by Gasteiger charge is -2.11. The Kier molecular flexibility index (Phi) is 7.65. The van der Waals surface area contributed by atoms with Crippen LogP contribution in [0.25, 0.3) is 34.2 Å². The summed E-state index contributed by atoms with van der Waals surface area (Å²) in [4.78, 5) is 39.8. The van der Waals surface area contributed by atoms with E-state index in [1.54, 1.807) is 26.0 Å². The van der Waals surface area contributed by atoms with E-state index in [2.05, 4.69) is 25.6 Å². The van der Waals surface area contributed by atoms with Crippen molar-refractivity contribution in [2.24, 2.45) is 0 Å². The SMILES string of the molecule is CCOC(=O)c1cc(-c2cn(-c3ccc(C(=O)O)c(C)c3)nn2)nc(-c2cn(-c3ccc(C(=O)O)c(C(F)(F)F)c3)nn2)c1. The van der Waals surface area contributed by atoms with Gasteiger partial charge in [-0.3, -0.25) is 0 Å². The van der Waals surface area contributed by atoms with Gasteiger partial charge in [0.15, 0.2) is 0 Å². The van der Waals surface area contributed by atoms with Crippen LogP contribution in [0.15, 0.2) is 60.9 Å². The third kappa shape index (κ3) is 5.85. The minimum atomic E-state index is -4.94. The Balaban J connectivity index is 1.55. The first kappa shape index (κ1) is 29.6. The van der Waals surface area contributed by atoms with Gasteiger partial charge in [-0.1, -0.05) is 10.4 Å². The molecule has 0 spiro atoms. The van der Waals surface area contributed by atoms with Gasteiger partial charge in [0.05, 0.1) is 64.0 Å². The molecule has 2 N–H and O–H groups in total. The fraction of sp³-hybridized carbons (Fsp3) is 0.143. The summed E-state index contributed by atoms with van der Waals surface area (Å²) in [5, 5.41) is 34.5. The summed E-state index contributed by atoms with van der Waals surface area (Å²) in [5.74, 6) is -3.49. The number of alkyl halides is 3. The van der Waals surface area contributed by atoms with E-state index >= 15 is 0 Å². The van der Waals surface area contributed by atoms with Crippen LogP contribution in [0.1, 0.15) is 49.1 Å². The summed E-state index contributed by atoms with van der Waals surface area (Å²) < 4.78 is 48.2. The molecule has 3 heterocycles. The van der Waals surface area contributed by atoms with Gasteiger partial charge in [0, 0.05) is 0 Å².